The Kier molecular flexibility index (Phi) is 4.14. The molecule has 1 amide bonds. The maximum absolute atomic E-state index is 10.5. The smallest absolute Gasteiger partial charge is 0.247 e. The van der Waals surface area contributed by atoms with Crippen molar-refractivity contribution in [3.63, 3.8) is 0 Å². The highest BCUT2D eigenvalue weighted by Crippen LogP contribution is 1.93. The molecule has 0 aliphatic carbocycles. The lowest BCUT2D eigenvalue weighted by molar-refractivity contribution is -0.125. The highest BCUT2D eigenvalue weighted by atomic mass is 16.3. The topological polar surface area (TPSA) is 101 Å². The van der Waals surface area contributed by atoms with E-state index >= 15 is 0 Å². The number of hydrogen-bond acceptors (Lipinski definition) is 5. The van der Waals surface area contributed by atoms with Gasteiger partial charge in [0.05, 0.1) is 5.69 Å². The second-order valence-corrected chi connectivity index (χ2v) is 3.14. The van der Waals surface area contributed by atoms with Gasteiger partial charge in [0.25, 0.3) is 0 Å². The van der Waals surface area contributed by atoms with Crippen molar-refractivity contribution < 1.29 is 9.90 Å². The Labute approximate surface area is 87.5 Å². The van der Waals surface area contributed by atoms with E-state index in [0.717, 1.165) is 5.69 Å². The molecule has 0 radical (unpaired) electrons. The maximum Gasteiger partial charge on any atom is 0.247 e. The standard InChI is InChI=1S/C9H14N4O2/c1-6-12-3-2-7(13-6)4-11-5-8(14)9(10)15/h2-3,8,11,14H,4-5H2,1H3,(H2,10,15). The molecular weight excluding hydrogens is 196 g/mol. The van der Waals surface area contributed by atoms with Crippen molar-refractivity contribution in [2.75, 3.05) is 6.54 Å². The molecule has 0 fully saturated rings. The molecule has 6 nitrogen and oxygen atoms in total. The molecule has 1 heterocycles. The monoisotopic (exact) mass is 210 g/mol. The number of nitrogens with one attached hydrogen (secondary N) is 1. The minimum absolute atomic E-state index is 0.123. The van der Waals surface area contributed by atoms with E-state index in [2.05, 4.69) is 15.3 Å². The highest BCUT2D eigenvalue weighted by Gasteiger charge is 2.09. The summed E-state index contributed by atoms with van der Waals surface area (Å²) in [6.07, 6.45) is 0.497. The number of carbonyl (C=O) groups excluding carboxylic acids is 1. The third-order valence-electron chi connectivity index (χ3n) is 1.81. The fourth-order valence-electron chi connectivity index (χ4n) is 1.04. The van der Waals surface area contributed by atoms with Gasteiger partial charge in [-0.15, -0.1) is 0 Å². The van der Waals surface area contributed by atoms with E-state index in [1.165, 1.54) is 0 Å². The Morgan fingerprint density at radius 3 is 3.07 bits per heavy atom. The zero-order valence-electron chi connectivity index (χ0n) is 8.47. The maximum atomic E-state index is 10.5. The molecule has 0 spiro atoms. The summed E-state index contributed by atoms with van der Waals surface area (Å²) in [5, 5.41) is 12.0. The number of amides is 1. The van der Waals surface area contributed by atoms with Gasteiger partial charge in [-0.25, -0.2) is 9.97 Å². The Balaban J connectivity index is 2.35. The minimum atomic E-state index is -1.16. The Hall–Kier alpha value is -1.53. The number of carbonyl (C=O) groups is 1. The number of aryl methyl sites for hydroxylation is 1. The summed E-state index contributed by atoms with van der Waals surface area (Å²) in [6.45, 7) is 2.38. The van der Waals surface area contributed by atoms with Crippen LogP contribution in [0.4, 0.5) is 0 Å². The minimum Gasteiger partial charge on any atom is -0.382 e. The molecule has 4 N–H and O–H groups in total. The number of aliphatic hydroxyl groups is 1. The number of nitrogens with zero attached hydrogens (tertiary/aromatic N) is 2. The Morgan fingerprint density at radius 1 is 1.73 bits per heavy atom. The lowest BCUT2D eigenvalue weighted by Gasteiger charge is -2.07. The molecule has 0 bridgehead atoms. The van der Waals surface area contributed by atoms with E-state index in [1.54, 1.807) is 19.2 Å². The molecule has 0 aliphatic rings. The molecule has 0 aliphatic heterocycles. The lowest BCUT2D eigenvalue weighted by atomic mass is 10.3. The summed E-state index contributed by atoms with van der Waals surface area (Å²) >= 11 is 0. The molecule has 1 rings (SSSR count). The van der Waals surface area contributed by atoms with Gasteiger partial charge < -0.3 is 16.2 Å². The van der Waals surface area contributed by atoms with Crippen LogP contribution in [0.25, 0.3) is 0 Å². The van der Waals surface area contributed by atoms with Crippen LogP contribution in [0.5, 0.6) is 0 Å². The van der Waals surface area contributed by atoms with Gasteiger partial charge in [-0.3, -0.25) is 4.79 Å². The number of aliphatic hydroxyl groups excluding tert-OH is 1. The van der Waals surface area contributed by atoms with Crippen LogP contribution in [0, 0.1) is 6.92 Å². The summed E-state index contributed by atoms with van der Waals surface area (Å²) in [6, 6.07) is 1.76. The number of primary amides is 1. The van der Waals surface area contributed by atoms with Crippen LogP contribution in [0.2, 0.25) is 0 Å². The van der Waals surface area contributed by atoms with Gasteiger partial charge in [0.1, 0.15) is 11.9 Å². The van der Waals surface area contributed by atoms with Gasteiger partial charge in [0, 0.05) is 19.3 Å². The first-order chi connectivity index (χ1) is 7.09. The number of nitrogens with two attached hydrogens (primary N) is 1. The molecule has 1 aromatic heterocycles. The third-order valence-corrected chi connectivity index (χ3v) is 1.81. The molecule has 15 heavy (non-hydrogen) atoms. The molecule has 0 saturated heterocycles. The zero-order chi connectivity index (χ0) is 11.3. The van der Waals surface area contributed by atoms with Crippen LogP contribution in [0.15, 0.2) is 12.3 Å². The van der Waals surface area contributed by atoms with E-state index in [4.69, 9.17) is 10.8 Å². The summed E-state index contributed by atoms with van der Waals surface area (Å²) < 4.78 is 0. The largest absolute Gasteiger partial charge is 0.382 e. The van der Waals surface area contributed by atoms with Crippen molar-refractivity contribution in [3.05, 3.63) is 23.8 Å². The predicted octanol–water partition coefficient (Wildman–Crippen LogP) is -1.28. The molecular formula is C9H14N4O2. The predicted molar refractivity (Wildman–Crippen MR) is 53.7 cm³/mol. The van der Waals surface area contributed by atoms with E-state index in [1.807, 2.05) is 0 Å². The van der Waals surface area contributed by atoms with E-state index in [0.29, 0.717) is 12.4 Å². The fraction of sp³-hybridized carbons (Fsp3) is 0.444. The fourth-order valence-corrected chi connectivity index (χ4v) is 1.04. The first-order valence-electron chi connectivity index (χ1n) is 4.56. The number of rotatable bonds is 5. The van der Waals surface area contributed by atoms with Crippen LogP contribution in [-0.4, -0.2) is 33.6 Å². The van der Waals surface area contributed by atoms with Gasteiger partial charge in [0.15, 0.2) is 0 Å². The van der Waals surface area contributed by atoms with Gasteiger partial charge in [0.2, 0.25) is 5.91 Å². The molecule has 6 heteroatoms. The molecule has 1 atom stereocenters. The number of aromatic nitrogens is 2. The van der Waals surface area contributed by atoms with Gasteiger partial charge in [-0.1, -0.05) is 0 Å². The molecule has 0 aromatic carbocycles. The van der Waals surface area contributed by atoms with Crippen LogP contribution in [0.3, 0.4) is 0 Å². The summed E-state index contributed by atoms with van der Waals surface area (Å²) in [4.78, 5) is 18.6. The Morgan fingerprint density at radius 2 is 2.47 bits per heavy atom. The summed E-state index contributed by atoms with van der Waals surface area (Å²) in [5.74, 6) is -0.0499. The SMILES string of the molecule is Cc1nccc(CNCC(O)C(N)=O)n1. The molecule has 1 aromatic rings. The van der Waals surface area contributed by atoms with Crippen LogP contribution in [-0.2, 0) is 11.3 Å². The highest BCUT2D eigenvalue weighted by molar-refractivity contribution is 5.78. The normalized spacial score (nSPS) is 12.4. The summed E-state index contributed by atoms with van der Waals surface area (Å²) in [5.41, 5.74) is 5.69. The van der Waals surface area contributed by atoms with Gasteiger partial charge in [-0.05, 0) is 13.0 Å². The first-order valence-corrected chi connectivity index (χ1v) is 4.56. The zero-order valence-corrected chi connectivity index (χ0v) is 8.47. The molecule has 0 saturated carbocycles. The molecule has 82 valence electrons. The van der Waals surface area contributed by atoms with Crippen molar-refractivity contribution in [2.45, 2.75) is 19.6 Å². The van der Waals surface area contributed by atoms with E-state index < -0.39 is 12.0 Å². The van der Waals surface area contributed by atoms with Crippen LogP contribution in [0.1, 0.15) is 11.5 Å². The first kappa shape index (κ1) is 11.5. The second-order valence-electron chi connectivity index (χ2n) is 3.14. The Bertz CT molecular complexity index is 343. The number of hydrogen-bond donors (Lipinski definition) is 3. The lowest BCUT2D eigenvalue weighted by Crippen LogP contribution is -2.37. The average Bonchev–Trinajstić information content (AvgIpc) is 2.17. The van der Waals surface area contributed by atoms with Crippen molar-refractivity contribution in [1.29, 1.82) is 0 Å². The van der Waals surface area contributed by atoms with E-state index in [9.17, 15) is 4.79 Å². The average molecular weight is 210 g/mol. The van der Waals surface area contributed by atoms with E-state index in [-0.39, 0.29) is 6.54 Å². The third kappa shape index (κ3) is 4.01. The van der Waals surface area contributed by atoms with Gasteiger partial charge in [-0.2, -0.15) is 0 Å². The quantitative estimate of drug-likeness (QED) is 0.562. The van der Waals surface area contributed by atoms with Crippen molar-refractivity contribution in [3.8, 4) is 0 Å². The molecule has 1 unspecified atom stereocenters. The van der Waals surface area contributed by atoms with Crippen LogP contribution >= 0.6 is 0 Å². The second kappa shape index (κ2) is 5.38. The summed E-state index contributed by atoms with van der Waals surface area (Å²) in [7, 11) is 0. The van der Waals surface area contributed by atoms with Crippen molar-refractivity contribution >= 4 is 5.91 Å². The van der Waals surface area contributed by atoms with Crippen molar-refractivity contribution in [1.82, 2.24) is 15.3 Å². The van der Waals surface area contributed by atoms with Gasteiger partial charge >= 0.3 is 0 Å². The van der Waals surface area contributed by atoms with Crippen molar-refractivity contribution in [2.24, 2.45) is 5.73 Å². The van der Waals surface area contributed by atoms with Crippen LogP contribution < -0.4 is 11.1 Å².